The van der Waals surface area contributed by atoms with Crippen LogP contribution in [0.1, 0.15) is 31.9 Å². The van der Waals surface area contributed by atoms with Gasteiger partial charge in [-0.3, -0.25) is 4.79 Å². The zero-order chi connectivity index (χ0) is 16.2. The van der Waals surface area contributed by atoms with Crippen molar-refractivity contribution in [1.29, 1.82) is 0 Å². The molecule has 1 aromatic carbocycles. The smallest absolute Gasteiger partial charge is 0.308 e. The van der Waals surface area contributed by atoms with Gasteiger partial charge in [-0.25, -0.2) is 8.42 Å². The van der Waals surface area contributed by atoms with Crippen molar-refractivity contribution in [3.05, 3.63) is 29.8 Å². The van der Waals surface area contributed by atoms with Gasteiger partial charge in [0.05, 0.1) is 29.8 Å². The fraction of sp³-hybridized carbons (Fsp3) is 0.500. The van der Waals surface area contributed by atoms with Crippen LogP contribution < -0.4 is 0 Å². The SMILES string of the molecule is COC(=O)CC(O)C(O)c1cccc(S(=O)(=O)C(C)C)c1. The van der Waals surface area contributed by atoms with Gasteiger partial charge in [-0.15, -0.1) is 0 Å². The highest BCUT2D eigenvalue weighted by Crippen LogP contribution is 2.24. The maximum Gasteiger partial charge on any atom is 0.308 e. The van der Waals surface area contributed by atoms with Crippen LogP contribution in [-0.4, -0.2) is 43.1 Å². The molecule has 1 rings (SSSR count). The first kappa shape index (κ1) is 17.6. The second kappa shape index (κ2) is 7.02. The average molecular weight is 316 g/mol. The number of hydrogen-bond donors (Lipinski definition) is 2. The van der Waals surface area contributed by atoms with Crippen molar-refractivity contribution in [2.45, 2.75) is 42.6 Å². The number of benzene rings is 1. The summed E-state index contributed by atoms with van der Waals surface area (Å²) in [5, 5.41) is 19.2. The number of esters is 1. The molecule has 0 aliphatic rings. The van der Waals surface area contributed by atoms with Crippen molar-refractivity contribution in [2.24, 2.45) is 0 Å². The minimum Gasteiger partial charge on any atom is -0.469 e. The first-order chi connectivity index (χ1) is 9.70. The van der Waals surface area contributed by atoms with E-state index in [0.717, 1.165) is 0 Å². The lowest BCUT2D eigenvalue weighted by molar-refractivity contribution is -0.144. The molecule has 0 heterocycles. The molecule has 21 heavy (non-hydrogen) atoms. The lowest BCUT2D eigenvalue weighted by Crippen LogP contribution is -2.23. The highest BCUT2D eigenvalue weighted by molar-refractivity contribution is 7.92. The highest BCUT2D eigenvalue weighted by Gasteiger charge is 2.24. The highest BCUT2D eigenvalue weighted by atomic mass is 32.2. The summed E-state index contributed by atoms with van der Waals surface area (Å²) in [6, 6.07) is 5.71. The summed E-state index contributed by atoms with van der Waals surface area (Å²) >= 11 is 0. The maximum atomic E-state index is 12.1. The van der Waals surface area contributed by atoms with Crippen molar-refractivity contribution < 1.29 is 28.2 Å². The second-order valence-electron chi connectivity index (χ2n) is 4.96. The molecule has 6 nitrogen and oxygen atoms in total. The Bertz CT molecular complexity index is 593. The van der Waals surface area contributed by atoms with Gasteiger partial charge < -0.3 is 14.9 Å². The quantitative estimate of drug-likeness (QED) is 0.754. The molecule has 2 unspecified atom stereocenters. The third-order valence-corrected chi connectivity index (χ3v) is 5.27. The van der Waals surface area contributed by atoms with Crippen molar-refractivity contribution in [2.75, 3.05) is 7.11 Å². The van der Waals surface area contributed by atoms with Gasteiger partial charge in [-0.2, -0.15) is 0 Å². The summed E-state index contributed by atoms with van der Waals surface area (Å²) < 4.78 is 28.6. The van der Waals surface area contributed by atoms with E-state index in [0.29, 0.717) is 0 Å². The van der Waals surface area contributed by atoms with Gasteiger partial charge in [-0.05, 0) is 31.5 Å². The van der Waals surface area contributed by atoms with E-state index in [2.05, 4.69) is 4.74 Å². The van der Waals surface area contributed by atoms with Gasteiger partial charge in [0.2, 0.25) is 0 Å². The van der Waals surface area contributed by atoms with Gasteiger partial charge in [-0.1, -0.05) is 12.1 Å². The summed E-state index contributed by atoms with van der Waals surface area (Å²) in [6.07, 6.45) is -3.11. The van der Waals surface area contributed by atoms with E-state index < -0.39 is 33.3 Å². The topological polar surface area (TPSA) is 101 Å². The average Bonchev–Trinajstić information content (AvgIpc) is 2.46. The molecule has 7 heteroatoms. The van der Waals surface area contributed by atoms with Crippen LogP contribution in [0.5, 0.6) is 0 Å². The Hall–Kier alpha value is -1.44. The van der Waals surface area contributed by atoms with Crippen LogP contribution in [0, 0.1) is 0 Å². The summed E-state index contributed by atoms with van der Waals surface area (Å²) in [6.45, 7) is 3.12. The third kappa shape index (κ3) is 4.26. The summed E-state index contributed by atoms with van der Waals surface area (Å²) in [5.41, 5.74) is 0.230. The monoisotopic (exact) mass is 316 g/mol. The summed E-state index contributed by atoms with van der Waals surface area (Å²) in [4.78, 5) is 11.2. The number of hydrogen-bond acceptors (Lipinski definition) is 6. The van der Waals surface area contributed by atoms with Crippen molar-refractivity contribution >= 4 is 15.8 Å². The molecule has 0 bridgehead atoms. The molecule has 0 radical (unpaired) electrons. The zero-order valence-electron chi connectivity index (χ0n) is 12.2. The Balaban J connectivity index is 3.02. The number of methoxy groups -OCH3 is 1. The molecule has 0 aliphatic carbocycles. The molecule has 0 aliphatic heterocycles. The normalized spacial score (nSPS) is 14.8. The molecule has 0 aromatic heterocycles. The van der Waals surface area contributed by atoms with E-state index in [9.17, 15) is 23.4 Å². The predicted molar refractivity (Wildman–Crippen MR) is 76.4 cm³/mol. The van der Waals surface area contributed by atoms with E-state index in [1.54, 1.807) is 13.8 Å². The lowest BCUT2D eigenvalue weighted by atomic mass is 10.0. The Morgan fingerprint density at radius 1 is 1.29 bits per heavy atom. The minimum atomic E-state index is -3.47. The minimum absolute atomic E-state index is 0.0688. The number of ether oxygens (including phenoxy) is 1. The molecule has 0 spiro atoms. The van der Waals surface area contributed by atoms with Crippen LogP contribution in [0.25, 0.3) is 0 Å². The van der Waals surface area contributed by atoms with Crippen molar-refractivity contribution in [3.63, 3.8) is 0 Å². The molecule has 0 fully saturated rings. The van der Waals surface area contributed by atoms with E-state index in [1.807, 2.05) is 0 Å². The number of aliphatic hydroxyl groups is 2. The molecule has 0 saturated carbocycles. The fourth-order valence-corrected chi connectivity index (χ4v) is 2.85. The fourth-order valence-electron chi connectivity index (χ4n) is 1.74. The van der Waals surface area contributed by atoms with E-state index in [4.69, 9.17) is 0 Å². The molecule has 1 aromatic rings. The van der Waals surface area contributed by atoms with Crippen LogP contribution in [0.2, 0.25) is 0 Å². The van der Waals surface area contributed by atoms with Gasteiger partial charge in [0.1, 0.15) is 6.10 Å². The Kier molecular flexibility index (Phi) is 5.88. The Labute approximate surface area is 124 Å². The lowest BCUT2D eigenvalue weighted by Gasteiger charge is -2.18. The Morgan fingerprint density at radius 2 is 1.90 bits per heavy atom. The number of carbonyl (C=O) groups excluding carboxylic acids is 1. The molecule has 0 saturated heterocycles. The van der Waals surface area contributed by atoms with Crippen LogP contribution in [-0.2, 0) is 19.4 Å². The number of sulfone groups is 1. The maximum absolute atomic E-state index is 12.1. The molecular formula is C14H20O6S. The number of aliphatic hydroxyl groups excluding tert-OH is 2. The predicted octanol–water partition coefficient (Wildman–Crippen LogP) is 0.826. The molecule has 118 valence electrons. The standard InChI is InChI=1S/C14H20O6S/c1-9(2)21(18,19)11-6-4-5-10(7-11)14(17)12(15)8-13(16)20-3/h4-7,9,12,14-15,17H,8H2,1-3H3. The van der Waals surface area contributed by atoms with Crippen LogP contribution in [0.3, 0.4) is 0 Å². The second-order valence-corrected chi connectivity index (χ2v) is 7.46. The van der Waals surface area contributed by atoms with Gasteiger partial charge >= 0.3 is 5.97 Å². The van der Waals surface area contributed by atoms with E-state index in [-0.39, 0.29) is 16.9 Å². The molecule has 2 atom stereocenters. The molecule has 2 N–H and O–H groups in total. The van der Waals surface area contributed by atoms with E-state index in [1.165, 1.54) is 31.4 Å². The number of carbonyl (C=O) groups is 1. The summed E-state index contributed by atoms with van der Waals surface area (Å²) in [5.74, 6) is -0.660. The van der Waals surface area contributed by atoms with Gasteiger partial charge in [0.25, 0.3) is 0 Å². The first-order valence-corrected chi connectivity index (χ1v) is 8.01. The summed E-state index contributed by atoms with van der Waals surface area (Å²) in [7, 11) is -2.29. The first-order valence-electron chi connectivity index (χ1n) is 6.47. The largest absolute Gasteiger partial charge is 0.469 e. The Morgan fingerprint density at radius 3 is 2.43 bits per heavy atom. The van der Waals surface area contributed by atoms with Gasteiger partial charge in [0, 0.05) is 0 Å². The van der Waals surface area contributed by atoms with Gasteiger partial charge in [0.15, 0.2) is 9.84 Å². The zero-order valence-corrected chi connectivity index (χ0v) is 13.0. The molecular weight excluding hydrogens is 296 g/mol. The van der Waals surface area contributed by atoms with Crippen LogP contribution in [0.15, 0.2) is 29.2 Å². The van der Waals surface area contributed by atoms with Crippen LogP contribution in [0.4, 0.5) is 0 Å². The molecule has 0 amide bonds. The van der Waals surface area contributed by atoms with Crippen molar-refractivity contribution in [3.8, 4) is 0 Å². The third-order valence-electron chi connectivity index (χ3n) is 3.12. The van der Waals surface area contributed by atoms with Crippen LogP contribution >= 0.6 is 0 Å². The van der Waals surface area contributed by atoms with E-state index >= 15 is 0 Å². The number of rotatable bonds is 6. The van der Waals surface area contributed by atoms with Crippen molar-refractivity contribution in [1.82, 2.24) is 0 Å².